The number of carbonyl (C=O) groups excluding carboxylic acids is 1. The number of halogens is 1. The number of carbonyl (C=O) groups is 1. The predicted octanol–water partition coefficient (Wildman–Crippen LogP) is 4.10. The van der Waals surface area contributed by atoms with Crippen LogP contribution in [0.25, 0.3) is 0 Å². The van der Waals surface area contributed by atoms with Gasteiger partial charge < -0.3 is 5.32 Å². The second-order valence-corrected chi connectivity index (χ2v) is 7.88. The first-order chi connectivity index (χ1) is 12.8. The summed E-state index contributed by atoms with van der Waals surface area (Å²) in [6.07, 6.45) is 0. The van der Waals surface area contributed by atoms with E-state index in [9.17, 15) is 13.2 Å². The lowest BCUT2D eigenvalue weighted by Crippen LogP contribution is -2.16. The van der Waals surface area contributed by atoms with Gasteiger partial charge in [-0.1, -0.05) is 29.8 Å². The number of hydrogen-bond donors (Lipinski definition) is 2. The van der Waals surface area contributed by atoms with Crippen LogP contribution in [-0.4, -0.2) is 19.3 Å². The number of aryl methyl sites for hydroxylation is 1. The van der Waals surface area contributed by atoms with Crippen LogP contribution in [0.2, 0.25) is 5.02 Å². The molecule has 1 amide bonds. The molecule has 3 rings (SSSR count). The molecule has 0 unspecified atom stereocenters. The zero-order chi connectivity index (χ0) is 19.4. The second-order valence-electron chi connectivity index (χ2n) is 5.76. The van der Waals surface area contributed by atoms with Crippen LogP contribution in [0.3, 0.4) is 0 Å². The molecule has 0 saturated carbocycles. The molecule has 0 bridgehead atoms. The minimum Gasteiger partial charge on any atom is -0.307 e. The van der Waals surface area contributed by atoms with Crippen molar-refractivity contribution in [1.82, 2.24) is 4.98 Å². The van der Waals surface area contributed by atoms with E-state index in [-0.39, 0.29) is 10.5 Å². The van der Waals surface area contributed by atoms with Gasteiger partial charge in [-0.2, -0.15) is 0 Å². The Balaban J connectivity index is 1.82. The number of benzene rings is 2. The summed E-state index contributed by atoms with van der Waals surface area (Å²) in [5, 5.41) is 3.06. The van der Waals surface area contributed by atoms with E-state index in [0.29, 0.717) is 16.5 Å². The van der Waals surface area contributed by atoms with Gasteiger partial charge in [-0.3, -0.25) is 9.52 Å². The highest BCUT2D eigenvalue weighted by Gasteiger charge is 2.17. The Morgan fingerprint density at radius 1 is 1.00 bits per heavy atom. The van der Waals surface area contributed by atoms with Crippen LogP contribution in [-0.2, 0) is 10.0 Å². The topological polar surface area (TPSA) is 88.2 Å². The summed E-state index contributed by atoms with van der Waals surface area (Å²) in [6.45, 7) is 1.81. The van der Waals surface area contributed by atoms with E-state index in [2.05, 4.69) is 15.0 Å². The molecule has 3 aromatic rings. The highest BCUT2D eigenvalue weighted by molar-refractivity contribution is 7.92. The van der Waals surface area contributed by atoms with E-state index in [1.54, 1.807) is 30.3 Å². The molecule has 0 aliphatic heterocycles. The summed E-state index contributed by atoms with van der Waals surface area (Å²) < 4.78 is 27.6. The van der Waals surface area contributed by atoms with Gasteiger partial charge in [0.1, 0.15) is 5.82 Å². The van der Waals surface area contributed by atoms with E-state index < -0.39 is 15.9 Å². The minimum absolute atomic E-state index is 0.0349. The van der Waals surface area contributed by atoms with Crippen molar-refractivity contribution in [3.63, 3.8) is 0 Å². The largest absolute Gasteiger partial charge is 0.307 e. The van der Waals surface area contributed by atoms with E-state index in [0.717, 1.165) is 5.69 Å². The van der Waals surface area contributed by atoms with Gasteiger partial charge in [0, 0.05) is 16.3 Å². The SMILES string of the molecule is Cc1cccc(NC(=O)c2cccc(S(=O)(=O)Nc3cccc(Cl)c3)c2)n1. The van der Waals surface area contributed by atoms with Gasteiger partial charge in [0.25, 0.3) is 15.9 Å². The van der Waals surface area contributed by atoms with Gasteiger partial charge in [0.2, 0.25) is 0 Å². The highest BCUT2D eigenvalue weighted by atomic mass is 35.5. The normalized spacial score (nSPS) is 11.0. The van der Waals surface area contributed by atoms with Gasteiger partial charge in [-0.25, -0.2) is 13.4 Å². The third-order valence-electron chi connectivity index (χ3n) is 3.61. The Bertz CT molecular complexity index is 1100. The van der Waals surface area contributed by atoms with Gasteiger partial charge in [0.05, 0.1) is 10.6 Å². The fraction of sp³-hybridized carbons (Fsp3) is 0.0526. The zero-order valence-electron chi connectivity index (χ0n) is 14.3. The zero-order valence-corrected chi connectivity index (χ0v) is 15.9. The number of anilines is 2. The summed E-state index contributed by atoms with van der Waals surface area (Å²) in [7, 11) is -3.87. The van der Waals surface area contributed by atoms with Crippen LogP contribution >= 0.6 is 11.6 Å². The van der Waals surface area contributed by atoms with Crippen molar-refractivity contribution in [2.75, 3.05) is 10.0 Å². The van der Waals surface area contributed by atoms with Crippen molar-refractivity contribution in [2.24, 2.45) is 0 Å². The maximum Gasteiger partial charge on any atom is 0.261 e. The molecule has 0 saturated heterocycles. The Hall–Kier alpha value is -2.90. The number of nitrogens with zero attached hydrogens (tertiary/aromatic N) is 1. The lowest BCUT2D eigenvalue weighted by molar-refractivity contribution is 0.102. The molecule has 0 radical (unpaired) electrons. The van der Waals surface area contributed by atoms with Crippen molar-refractivity contribution in [2.45, 2.75) is 11.8 Å². The minimum atomic E-state index is -3.87. The second kappa shape index (κ2) is 7.77. The van der Waals surface area contributed by atoms with Gasteiger partial charge in [0.15, 0.2) is 0 Å². The number of rotatable bonds is 5. The van der Waals surface area contributed by atoms with Crippen molar-refractivity contribution in [3.8, 4) is 0 Å². The van der Waals surface area contributed by atoms with Crippen molar-refractivity contribution in [1.29, 1.82) is 0 Å². The van der Waals surface area contributed by atoms with Crippen LogP contribution in [0.5, 0.6) is 0 Å². The Labute approximate surface area is 162 Å². The molecule has 0 aliphatic rings. The van der Waals surface area contributed by atoms with Crippen LogP contribution < -0.4 is 10.0 Å². The number of sulfonamides is 1. The summed E-state index contributed by atoms with van der Waals surface area (Å²) >= 11 is 5.88. The van der Waals surface area contributed by atoms with E-state index in [4.69, 9.17) is 11.6 Å². The average Bonchev–Trinajstić information content (AvgIpc) is 2.61. The molecular weight excluding hydrogens is 386 g/mol. The quantitative estimate of drug-likeness (QED) is 0.673. The predicted molar refractivity (Wildman–Crippen MR) is 106 cm³/mol. The maximum atomic E-state index is 12.6. The molecule has 0 aliphatic carbocycles. The fourth-order valence-electron chi connectivity index (χ4n) is 2.37. The molecule has 0 fully saturated rings. The molecule has 27 heavy (non-hydrogen) atoms. The van der Waals surface area contributed by atoms with E-state index >= 15 is 0 Å². The molecule has 2 N–H and O–H groups in total. The third kappa shape index (κ3) is 4.84. The lowest BCUT2D eigenvalue weighted by Gasteiger charge is -2.10. The van der Waals surface area contributed by atoms with E-state index in [1.165, 1.54) is 30.3 Å². The van der Waals surface area contributed by atoms with E-state index in [1.807, 2.05) is 13.0 Å². The number of pyridine rings is 1. The smallest absolute Gasteiger partial charge is 0.261 e. The standard InChI is InChI=1S/C19H16ClN3O3S/c1-13-5-2-10-18(21-13)22-19(24)14-6-3-9-17(11-14)27(25,26)23-16-8-4-7-15(20)12-16/h2-12,23H,1H3,(H,21,22,24). The Morgan fingerprint density at radius 3 is 2.48 bits per heavy atom. The molecule has 1 aromatic heterocycles. The lowest BCUT2D eigenvalue weighted by atomic mass is 10.2. The van der Waals surface area contributed by atoms with Crippen molar-refractivity contribution >= 4 is 39.0 Å². The fourth-order valence-corrected chi connectivity index (χ4v) is 3.66. The first-order valence-corrected chi connectivity index (χ1v) is 9.83. The van der Waals surface area contributed by atoms with Gasteiger partial charge in [-0.05, 0) is 55.5 Å². The molecular formula is C19H16ClN3O3S. The highest BCUT2D eigenvalue weighted by Crippen LogP contribution is 2.20. The van der Waals surface area contributed by atoms with Crippen LogP contribution in [0.15, 0.2) is 71.6 Å². The third-order valence-corrected chi connectivity index (χ3v) is 5.23. The molecule has 0 spiro atoms. The molecule has 0 atom stereocenters. The molecule has 8 heteroatoms. The maximum absolute atomic E-state index is 12.6. The summed E-state index contributed by atoms with van der Waals surface area (Å²) in [4.78, 5) is 16.6. The Morgan fingerprint density at radius 2 is 1.74 bits per heavy atom. The molecule has 6 nitrogen and oxygen atoms in total. The summed E-state index contributed by atoms with van der Waals surface area (Å²) in [5.41, 5.74) is 1.29. The number of hydrogen-bond acceptors (Lipinski definition) is 4. The summed E-state index contributed by atoms with van der Waals surface area (Å²) in [6, 6.07) is 17.4. The first-order valence-electron chi connectivity index (χ1n) is 7.97. The van der Waals surface area contributed by atoms with Crippen LogP contribution in [0.1, 0.15) is 16.1 Å². The van der Waals surface area contributed by atoms with Gasteiger partial charge >= 0.3 is 0 Å². The number of amides is 1. The van der Waals surface area contributed by atoms with Crippen LogP contribution in [0, 0.1) is 6.92 Å². The Kier molecular flexibility index (Phi) is 5.43. The first kappa shape index (κ1) is 18.9. The molecule has 138 valence electrons. The number of aromatic nitrogens is 1. The molecule has 2 aromatic carbocycles. The van der Waals surface area contributed by atoms with Crippen molar-refractivity contribution < 1.29 is 13.2 Å². The monoisotopic (exact) mass is 401 g/mol. The van der Waals surface area contributed by atoms with Gasteiger partial charge in [-0.15, -0.1) is 0 Å². The number of nitrogens with one attached hydrogen (secondary N) is 2. The summed E-state index contributed by atoms with van der Waals surface area (Å²) in [5.74, 6) is -0.0572. The average molecular weight is 402 g/mol. The molecule has 1 heterocycles. The van der Waals surface area contributed by atoms with Crippen molar-refractivity contribution in [3.05, 3.63) is 83.0 Å². The van der Waals surface area contributed by atoms with Crippen LogP contribution in [0.4, 0.5) is 11.5 Å².